The molecule has 1 amide bonds. The lowest BCUT2D eigenvalue weighted by molar-refractivity contribution is -0.120. The van der Waals surface area contributed by atoms with Crippen LogP contribution in [0.2, 0.25) is 0 Å². The van der Waals surface area contributed by atoms with Crippen LogP contribution in [0.25, 0.3) is 0 Å². The van der Waals surface area contributed by atoms with Gasteiger partial charge in [0.2, 0.25) is 5.91 Å². The summed E-state index contributed by atoms with van der Waals surface area (Å²) >= 11 is 0. The van der Waals surface area contributed by atoms with Gasteiger partial charge in [-0.1, -0.05) is 31.4 Å². The number of amides is 1. The Morgan fingerprint density at radius 3 is 2.95 bits per heavy atom. The molecule has 2 rings (SSSR count). The van der Waals surface area contributed by atoms with Crippen LogP contribution in [0.3, 0.4) is 0 Å². The first kappa shape index (κ1) is 15.0. The van der Waals surface area contributed by atoms with Gasteiger partial charge in [-0.05, 0) is 30.5 Å². The molecular weight excluding hydrogens is 252 g/mol. The smallest absolute Gasteiger partial charge is 0.229 e. The molecule has 3 N–H and O–H groups in total. The van der Waals surface area contributed by atoms with Crippen molar-refractivity contribution in [2.24, 2.45) is 11.7 Å². The molecule has 4 nitrogen and oxygen atoms in total. The second-order valence-electron chi connectivity index (χ2n) is 5.53. The van der Waals surface area contributed by atoms with Crippen LogP contribution in [-0.2, 0) is 16.1 Å². The summed E-state index contributed by atoms with van der Waals surface area (Å²) in [5, 5.41) is 2.99. The SMILES string of the molecule is COCc1cccc(NC(=O)C2CCCCCC2N)c1. The Morgan fingerprint density at radius 2 is 2.15 bits per heavy atom. The average molecular weight is 276 g/mol. The molecule has 0 aromatic heterocycles. The van der Waals surface area contributed by atoms with Gasteiger partial charge in [0.15, 0.2) is 0 Å². The third-order valence-corrected chi connectivity index (χ3v) is 3.91. The van der Waals surface area contributed by atoms with Gasteiger partial charge < -0.3 is 15.8 Å². The first-order valence-corrected chi connectivity index (χ1v) is 7.35. The van der Waals surface area contributed by atoms with E-state index in [0.29, 0.717) is 6.61 Å². The molecule has 20 heavy (non-hydrogen) atoms. The summed E-state index contributed by atoms with van der Waals surface area (Å²) in [4.78, 5) is 12.4. The number of methoxy groups -OCH3 is 1. The molecule has 0 bridgehead atoms. The van der Waals surface area contributed by atoms with Crippen LogP contribution in [0.15, 0.2) is 24.3 Å². The Labute approximate surface area is 120 Å². The van der Waals surface area contributed by atoms with Gasteiger partial charge in [-0.25, -0.2) is 0 Å². The number of carbonyl (C=O) groups excluding carboxylic acids is 1. The molecule has 2 unspecified atom stereocenters. The van der Waals surface area contributed by atoms with Crippen molar-refractivity contribution < 1.29 is 9.53 Å². The highest BCUT2D eigenvalue weighted by Gasteiger charge is 2.26. The van der Waals surface area contributed by atoms with E-state index in [1.807, 2.05) is 24.3 Å². The highest BCUT2D eigenvalue weighted by atomic mass is 16.5. The van der Waals surface area contributed by atoms with Gasteiger partial charge in [-0.2, -0.15) is 0 Å². The minimum Gasteiger partial charge on any atom is -0.380 e. The molecule has 0 saturated heterocycles. The fourth-order valence-electron chi connectivity index (χ4n) is 2.80. The maximum atomic E-state index is 12.4. The molecule has 1 aromatic carbocycles. The Balaban J connectivity index is 2.01. The fraction of sp³-hybridized carbons (Fsp3) is 0.562. The number of benzene rings is 1. The first-order valence-electron chi connectivity index (χ1n) is 7.35. The van der Waals surface area contributed by atoms with E-state index in [1.165, 1.54) is 6.42 Å². The van der Waals surface area contributed by atoms with Gasteiger partial charge in [-0.3, -0.25) is 4.79 Å². The maximum Gasteiger partial charge on any atom is 0.229 e. The molecule has 110 valence electrons. The van der Waals surface area contributed by atoms with Crippen molar-refractivity contribution in [2.45, 2.75) is 44.8 Å². The monoisotopic (exact) mass is 276 g/mol. The summed E-state index contributed by atoms with van der Waals surface area (Å²) in [6.07, 6.45) is 5.25. The van der Waals surface area contributed by atoms with Gasteiger partial charge in [0.1, 0.15) is 0 Å². The van der Waals surface area contributed by atoms with Crippen molar-refractivity contribution in [1.82, 2.24) is 0 Å². The van der Waals surface area contributed by atoms with Crippen LogP contribution in [0.5, 0.6) is 0 Å². The normalized spacial score (nSPS) is 23.1. The Kier molecular flexibility index (Phi) is 5.56. The van der Waals surface area contributed by atoms with Gasteiger partial charge in [0.25, 0.3) is 0 Å². The summed E-state index contributed by atoms with van der Waals surface area (Å²) < 4.78 is 5.11. The number of ether oxygens (including phenoxy) is 1. The highest BCUT2D eigenvalue weighted by molar-refractivity contribution is 5.93. The number of rotatable bonds is 4. The lowest BCUT2D eigenvalue weighted by Gasteiger charge is -2.20. The molecule has 4 heteroatoms. The van der Waals surface area contributed by atoms with Crippen molar-refractivity contribution in [3.05, 3.63) is 29.8 Å². The zero-order valence-electron chi connectivity index (χ0n) is 12.1. The van der Waals surface area contributed by atoms with Crippen LogP contribution in [-0.4, -0.2) is 19.1 Å². The zero-order chi connectivity index (χ0) is 14.4. The molecular formula is C16H24N2O2. The molecule has 0 spiro atoms. The standard InChI is InChI=1S/C16H24N2O2/c1-20-11-12-6-5-7-13(10-12)18-16(19)14-8-3-2-4-9-15(14)17/h5-7,10,14-15H,2-4,8-9,11,17H2,1H3,(H,18,19). The third-order valence-electron chi connectivity index (χ3n) is 3.91. The van der Waals surface area contributed by atoms with E-state index < -0.39 is 0 Å². The largest absolute Gasteiger partial charge is 0.380 e. The van der Waals surface area contributed by atoms with E-state index in [1.54, 1.807) is 7.11 Å². The molecule has 1 saturated carbocycles. The molecule has 0 radical (unpaired) electrons. The summed E-state index contributed by atoms with van der Waals surface area (Å²) in [6, 6.07) is 7.75. The molecule has 1 aliphatic rings. The van der Waals surface area contributed by atoms with Gasteiger partial charge >= 0.3 is 0 Å². The Morgan fingerprint density at radius 1 is 1.35 bits per heavy atom. The molecule has 1 fully saturated rings. The second-order valence-corrected chi connectivity index (χ2v) is 5.53. The van der Waals surface area contributed by atoms with Crippen LogP contribution >= 0.6 is 0 Å². The van der Waals surface area contributed by atoms with Gasteiger partial charge in [0, 0.05) is 18.8 Å². The minimum absolute atomic E-state index is 0.0142. The molecule has 0 heterocycles. The van der Waals surface area contributed by atoms with Crippen LogP contribution in [0, 0.1) is 5.92 Å². The van der Waals surface area contributed by atoms with Crippen LogP contribution in [0.1, 0.15) is 37.7 Å². The second kappa shape index (κ2) is 7.41. The Bertz CT molecular complexity index is 448. The van der Waals surface area contributed by atoms with Crippen molar-refractivity contribution in [3.8, 4) is 0 Å². The first-order chi connectivity index (χ1) is 9.70. The number of hydrogen-bond donors (Lipinski definition) is 2. The van der Waals surface area contributed by atoms with E-state index in [4.69, 9.17) is 10.5 Å². The number of carbonyl (C=O) groups is 1. The lowest BCUT2D eigenvalue weighted by Crippen LogP contribution is -2.37. The topological polar surface area (TPSA) is 64.3 Å². The van der Waals surface area contributed by atoms with Crippen molar-refractivity contribution >= 4 is 11.6 Å². The predicted octanol–water partition coefficient (Wildman–Crippen LogP) is 2.68. The van der Waals surface area contributed by atoms with Crippen LogP contribution in [0.4, 0.5) is 5.69 Å². The molecule has 0 aliphatic heterocycles. The maximum absolute atomic E-state index is 12.4. The van der Waals surface area contributed by atoms with Crippen LogP contribution < -0.4 is 11.1 Å². The van der Waals surface area contributed by atoms with E-state index in [0.717, 1.165) is 36.9 Å². The van der Waals surface area contributed by atoms with Crippen molar-refractivity contribution in [1.29, 1.82) is 0 Å². The average Bonchev–Trinajstić information content (AvgIpc) is 2.64. The van der Waals surface area contributed by atoms with E-state index >= 15 is 0 Å². The summed E-state index contributed by atoms with van der Waals surface area (Å²) in [7, 11) is 1.66. The zero-order valence-corrected chi connectivity index (χ0v) is 12.1. The number of nitrogens with two attached hydrogens (primary N) is 1. The quantitative estimate of drug-likeness (QED) is 0.831. The Hall–Kier alpha value is -1.39. The predicted molar refractivity (Wildman–Crippen MR) is 80.3 cm³/mol. The van der Waals surface area contributed by atoms with E-state index in [2.05, 4.69) is 5.32 Å². The fourth-order valence-corrected chi connectivity index (χ4v) is 2.80. The van der Waals surface area contributed by atoms with Crippen molar-refractivity contribution in [2.75, 3.05) is 12.4 Å². The van der Waals surface area contributed by atoms with E-state index in [9.17, 15) is 4.79 Å². The molecule has 2 atom stereocenters. The third kappa shape index (κ3) is 4.05. The van der Waals surface area contributed by atoms with E-state index in [-0.39, 0.29) is 17.9 Å². The lowest BCUT2D eigenvalue weighted by atomic mass is 9.94. The van der Waals surface area contributed by atoms with Crippen molar-refractivity contribution in [3.63, 3.8) is 0 Å². The van der Waals surface area contributed by atoms with Gasteiger partial charge in [-0.15, -0.1) is 0 Å². The van der Waals surface area contributed by atoms with Gasteiger partial charge in [0.05, 0.1) is 12.5 Å². The summed E-state index contributed by atoms with van der Waals surface area (Å²) in [5.41, 5.74) is 8.00. The number of nitrogens with one attached hydrogen (secondary N) is 1. The number of anilines is 1. The molecule has 1 aliphatic carbocycles. The summed E-state index contributed by atoms with van der Waals surface area (Å²) in [5.74, 6) is -0.0162. The molecule has 1 aromatic rings. The minimum atomic E-state index is -0.0661. The number of hydrogen-bond acceptors (Lipinski definition) is 3. The highest BCUT2D eigenvalue weighted by Crippen LogP contribution is 2.24. The summed E-state index contributed by atoms with van der Waals surface area (Å²) in [6.45, 7) is 0.548.